The number of primary amides is 1. The molecule has 4 aromatic rings. The van der Waals surface area contributed by atoms with Crippen molar-refractivity contribution in [1.82, 2.24) is 9.97 Å². The van der Waals surface area contributed by atoms with Gasteiger partial charge in [0.15, 0.2) is 11.6 Å². The van der Waals surface area contributed by atoms with Crippen molar-refractivity contribution < 1.29 is 13.2 Å². The van der Waals surface area contributed by atoms with Crippen LogP contribution in [0.2, 0.25) is 0 Å². The first kappa shape index (κ1) is 22.2. The molecule has 0 aliphatic rings. The van der Waals surface area contributed by atoms with Crippen LogP contribution in [-0.2, 0) is 21.2 Å². The molecule has 1 amide bonds. The van der Waals surface area contributed by atoms with Crippen LogP contribution in [0.3, 0.4) is 0 Å². The minimum atomic E-state index is -3.97. The van der Waals surface area contributed by atoms with Gasteiger partial charge in [-0.3, -0.25) is 9.52 Å². The Morgan fingerprint density at radius 3 is 2.15 bits per heavy atom. The van der Waals surface area contributed by atoms with Gasteiger partial charge in [0.1, 0.15) is 0 Å². The van der Waals surface area contributed by atoms with Crippen molar-refractivity contribution in [2.75, 3.05) is 10.0 Å². The Labute approximate surface area is 191 Å². The van der Waals surface area contributed by atoms with E-state index in [1.807, 2.05) is 50.2 Å². The van der Waals surface area contributed by atoms with E-state index in [2.05, 4.69) is 20.0 Å². The molecule has 0 unspecified atom stereocenters. The van der Waals surface area contributed by atoms with Crippen LogP contribution in [0.15, 0.2) is 71.6 Å². The lowest BCUT2D eigenvalue weighted by Gasteiger charge is -2.16. The molecular weight excluding hydrogens is 438 g/mol. The van der Waals surface area contributed by atoms with Gasteiger partial charge in [-0.2, -0.15) is 0 Å². The molecule has 4 rings (SSSR count). The Bertz CT molecular complexity index is 1450. The smallest absolute Gasteiger partial charge is 0.263 e. The maximum Gasteiger partial charge on any atom is 0.263 e. The summed E-state index contributed by atoms with van der Waals surface area (Å²) < 4.78 is 28.8. The summed E-state index contributed by atoms with van der Waals surface area (Å²) in [5.74, 6) is -0.121. The summed E-state index contributed by atoms with van der Waals surface area (Å²) in [6, 6.07) is 19.0. The first-order chi connectivity index (χ1) is 15.7. The number of nitrogens with two attached hydrogens (primary N) is 1. The van der Waals surface area contributed by atoms with Gasteiger partial charge in [0.25, 0.3) is 10.0 Å². The first-order valence-electron chi connectivity index (χ1n) is 10.2. The standard InChI is InChI=1S/C24H23N5O3S/c1-15-6-5-9-19(16(15)2)26-23-24(28-21-8-4-3-7-20(21)27-23)29-33(31,32)18-12-10-17(11-13-18)14-22(25)30/h3-13H,14H2,1-2H3,(H2,25,30)(H,26,27)(H,28,29). The van der Waals surface area contributed by atoms with Gasteiger partial charge < -0.3 is 11.1 Å². The number of benzene rings is 3. The maximum absolute atomic E-state index is 13.1. The highest BCUT2D eigenvalue weighted by Gasteiger charge is 2.19. The highest BCUT2D eigenvalue weighted by Crippen LogP contribution is 2.29. The van der Waals surface area contributed by atoms with E-state index < -0.39 is 15.9 Å². The molecule has 168 valence electrons. The molecule has 3 aromatic carbocycles. The number of hydrogen-bond acceptors (Lipinski definition) is 6. The van der Waals surface area contributed by atoms with Gasteiger partial charge in [-0.05, 0) is 60.9 Å². The predicted octanol–water partition coefficient (Wildman–Crippen LogP) is 3.82. The van der Waals surface area contributed by atoms with Gasteiger partial charge in [0.05, 0.1) is 22.3 Å². The summed E-state index contributed by atoms with van der Waals surface area (Å²) in [4.78, 5) is 20.3. The molecule has 0 aliphatic heterocycles. The molecular formula is C24H23N5O3S. The molecule has 1 aromatic heterocycles. The van der Waals surface area contributed by atoms with Crippen LogP contribution in [0.5, 0.6) is 0 Å². The van der Waals surface area contributed by atoms with Crippen LogP contribution in [0.4, 0.5) is 17.3 Å². The van der Waals surface area contributed by atoms with Gasteiger partial charge in [0, 0.05) is 5.69 Å². The average molecular weight is 462 g/mol. The van der Waals surface area contributed by atoms with Gasteiger partial charge in [-0.1, -0.05) is 36.4 Å². The van der Waals surface area contributed by atoms with Crippen LogP contribution in [0, 0.1) is 13.8 Å². The molecule has 0 atom stereocenters. The minimum absolute atomic E-state index is 0.0309. The summed E-state index contributed by atoms with van der Waals surface area (Å²) in [7, 11) is -3.97. The highest BCUT2D eigenvalue weighted by molar-refractivity contribution is 7.92. The van der Waals surface area contributed by atoms with Crippen LogP contribution in [0.1, 0.15) is 16.7 Å². The number of carbonyl (C=O) groups is 1. The number of para-hydroxylation sites is 2. The Morgan fingerprint density at radius 2 is 1.52 bits per heavy atom. The fourth-order valence-corrected chi connectivity index (χ4v) is 4.36. The van der Waals surface area contributed by atoms with E-state index in [1.165, 1.54) is 12.1 Å². The molecule has 33 heavy (non-hydrogen) atoms. The number of sulfonamides is 1. The maximum atomic E-state index is 13.1. The van der Waals surface area contributed by atoms with Crippen LogP contribution >= 0.6 is 0 Å². The molecule has 9 heteroatoms. The number of rotatable bonds is 7. The molecule has 0 bridgehead atoms. The van der Waals surface area contributed by atoms with Gasteiger partial charge in [-0.25, -0.2) is 18.4 Å². The van der Waals surface area contributed by atoms with Gasteiger partial charge in [-0.15, -0.1) is 0 Å². The Kier molecular flexibility index (Phi) is 5.97. The van der Waals surface area contributed by atoms with Gasteiger partial charge in [0.2, 0.25) is 5.91 Å². The zero-order chi connectivity index (χ0) is 23.6. The molecule has 0 radical (unpaired) electrons. The number of nitrogens with zero attached hydrogens (tertiary/aromatic N) is 2. The fraction of sp³-hybridized carbons (Fsp3) is 0.125. The number of fused-ring (bicyclic) bond motifs is 1. The second kappa shape index (κ2) is 8.87. The van der Waals surface area contributed by atoms with Crippen LogP contribution in [-0.4, -0.2) is 24.3 Å². The third-order valence-corrected chi connectivity index (χ3v) is 6.63. The van der Waals surface area contributed by atoms with Crippen molar-refractivity contribution in [1.29, 1.82) is 0 Å². The second-order valence-corrected chi connectivity index (χ2v) is 9.36. The normalized spacial score (nSPS) is 11.3. The van der Waals surface area contributed by atoms with E-state index in [9.17, 15) is 13.2 Å². The van der Waals surface area contributed by atoms with E-state index in [4.69, 9.17) is 5.73 Å². The number of aryl methyl sites for hydroxylation is 1. The van der Waals surface area contributed by atoms with Crippen molar-refractivity contribution in [3.8, 4) is 0 Å². The monoisotopic (exact) mass is 461 g/mol. The molecule has 8 nitrogen and oxygen atoms in total. The third kappa shape index (κ3) is 4.93. The lowest BCUT2D eigenvalue weighted by Crippen LogP contribution is -2.17. The summed E-state index contributed by atoms with van der Waals surface area (Å²) >= 11 is 0. The number of aromatic nitrogens is 2. The molecule has 1 heterocycles. The van der Waals surface area contributed by atoms with Crippen molar-refractivity contribution in [3.63, 3.8) is 0 Å². The van der Waals surface area contributed by atoms with Crippen molar-refractivity contribution >= 4 is 44.3 Å². The fourth-order valence-electron chi connectivity index (χ4n) is 3.35. The van der Waals surface area contributed by atoms with Crippen LogP contribution < -0.4 is 15.8 Å². The van der Waals surface area contributed by atoms with E-state index in [1.54, 1.807) is 18.2 Å². The predicted molar refractivity (Wildman–Crippen MR) is 129 cm³/mol. The molecule has 0 aliphatic carbocycles. The average Bonchev–Trinajstić information content (AvgIpc) is 2.77. The largest absolute Gasteiger partial charge is 0.369 e. The van der Waals surface area contributed by atoms with Crippen molar-refractivity contribution in [2.45, 2.75) is 25.2 Å². The first-order valence-corrected chi connectivity index (χ1v) is 11.7. The third-order valence-electron chi connectivity index (χ3n) is 5.27. The molecule has 0 saturated carbocycles. The van der Waals surface area contributed by atoms with E-state index in [0.717, 1.165) is 16.8 Å². The van der Waals surface area contributed by atoms with Crippen molar-refractivity contribution in [3.05, 3.63) is 83.4 Å². The lowest BCUT2D eigenvalue weighted by atomic mass is 10.1. The SMILES string of the molecule is Cc1cccc(Nc2nc3ccccc3nc2NS(=O)(=O)c2ccc(CC(N)=O)cc2)c1C. The van der Waals surface area contributed by atoms with E-state index in [0.29, 0.717) is 16.6 Å². The van der Waals surface area contributed by atoms with Gasteiger partial charge >= 0.3 is 0 Å². The molecule has 4 N–H and O–H groups in total. The lowest BCUT2D eigenvalue weighted by molar-refractivity contribution is -0.117. The zero-order valence-corrected chi connectivity index (χ0v) is 19.0. The Balaban J connectivity index is 1.73. The topological polar surface area (TPSA) is 127 Å². The number of carbonyl (C=O) groups excluding carboxylic acids is 1. The minimum Gasteiger partial charge on any atom is -0.369 e. The molecule has 0 spiro atoms. The summed E-state index contributed by atoms with van der Waals surface area (Å²) in [5.41, 5.74) is 9.93. The zero-order valence-electron chi connectivity index (χ0n) is 18.2. The van der Waals surface area contributed by atoms with Crippen LogP contribution in [0.25, 0.3) is 11.0 Å². The van der Waals surface area contributed by atoms with Crippen molar-refractivity contribution in [2.24, 2.45) is 5.73 Å². The van der Waals surface area contributed by atoms with E-state index >= 15 is 0 Å². The Morgan fingerprint density at radius 1 is 0.879 bits per heavy atom. The molecule has 0 fully saturated rings. The summed E-state index contributed by atoms with van der Waals surface area (Å²) in [5, 5.41) is 3.23. The second-order valence-electron chi connectivity index (χ2n) is 7.67. The highest BCUT2D eigenvalue weighted by atomic mass is 32.2. The summed E-state index contributed by atoms with van der Waals surface area (Å²) in [6.45, 7) is 3.97. The Hall–Kier alpha value is -3.98. The number of amides is 1. The summed E-state index contributed by atoms with van der Waals surface area (Å²) in [6.07, 6.45) is 0.0355. The number of nitrogens with one attached hydrogen (secondary N) is 2. The number of hydrogen-bond donors (Lipinski definition) is 3. The molecule has 0 saturated heterocycles. The van der Waals surface area contributed by atoms with E-state index in [-0.39, 0.29) is 23.0 Å². The number of anilines is 3. The quantitative estimate of drug-likeness (QED) is 0.384.